The molecule has 2 saturated carbocycles. The number of esters is 1. The van der Waals surface area contributed by atoms with Gasteiger partial charge in [0, 0.05) is 6.04 Å². The minimum atomic E-state index is -0.0285. The number of rotatable bonds is 4. The molecule has 0 aromatic carbocycles. The number of likely N-dealkylation sites (N-methyl/N-ethyl adjacent to an activating group) is 1. The number of carbonyl (C=O) groups is 1. The third kappa shape index (κ3) is 3.21. The SMILES string of the molecule is COC(=O)C(C1CC1)N(C)C1CCCCCC1. The molecule has 98 valence electrons. The highest BCUT2D eigenvalue weighted by Crippen LogP contribution is 2.37. The molecule has 0 aromatic rings. The largest absolute Gasteiger partial charge is 0.468 e. The summed E-state index contributed by atoms with van der Waals surface area (Å²) in [5.41, 5.74) is 0. The lowest BCUT2D eigenvalue weighted by Gasteiger charge is -2.33. The Hall–Kier alpha value is -0.570. The van der Waals surface area contributed by atoms with Crippen LogP contribution in [0.2, 0.25) is 0 Å². The summed E-state index contributed by atoms with van der Waals surface area (Å²) < 4.78 is 4.98. The Kier molecular flexibility index (Phi) is 4.43. The number of nitrogens with zero attached hydrogens (tertiary/aromatic N) is 1. The minimum Gasteiger partial charge on any atom is -0.468 e. The zero-order valence-electron chi connectivity index (χ0n) is 11.2. The molecule has 0 heterocycles. The van der Waals surface area contributed by atoms with E-state index in [-0.39, 0.29) is 12.0 Å². The van der Waals surface area contributed by atoms with Gasteiger partial charge in [0.1, 0.15) is 6.04 Å². The first-order valence-corrected chi connectivity index (χ1v) is 7.04. The molecule has 0 aromatic heterocycles. The molecule has 2 fully saturated rings. The molecule has 0 N–H and O–H groups in total. The summed E-state index contributed by atoms with van der Waals surface area (Å²) in [6.07, 6.45) is 10.2. The number of carbonyl (C=O) groups excluding carboxylic acids is 1. The van der Waals surface area contributed by atoms with E-state index in [0.29, 0.717) is 12.0 Å². The fourth-order valence-electron chi connectivity index (χ4n) is 3.12. The van der Waals surface area contributed by atoms with Gasteiger partial charge in [-0.1, -0.05) is 25.7 Å². The lowest BCUT2D eigenvalue weighted by Crippen LogP contribution is -2.46. The Labute approximate surface area is 105 Å². The van der Waals surface area contributed by atoms with Crippen LogP contribution < -0.4 is 0 Å². The summed E-state index contributed by atoms with van der Waals surface area (Å²) in [4.78, 5) is 14.2. The number of methoxy groups -OCH3 is 1. The van der Waals surface area contributed by atoms with Crippen LogP contribution in [-0.4, -0.2) is 37.1 Å². The van der Waals surface area contributed by atoms with Crippen molar-refractivity contribution in [3.63, 3.8) is 0 Å². The highest BCUT2D eigenvalue weighted by Gasteiger charge is 2.41. The van der Waals surface area contributed by atoms with Gasteiger partial charge in [-0.25, -0.2) is 0 Å². The first-order valence-electron chi connectivity index (χ1n) is 7.04. The van der Waals surface area contributed by atoms with Crippen molar-refractivity contribution in [3.05, 3.63) is 0 Å². The van der Waals surface area contributed by atoms with Crippen molar-refractivity contribution in [2.45, 2.75) is 63.5 Å². The second-order valence-electron chi connectivity index (χ2n) is 5.62. The molecule has 0 amide bonds. The van der Waals surface area contributed by atoms with Crippen LogP contribution in [0.1, 0.15) is 51.4 Å². The third-order valence-corrected chi connectivity index (χ3v) is 4.35. The van der Waals surface area contributed by atoms with E-state index in [1.165, 1.54) is 58.5 Å². The second-order valence-corrected chi connectivity index (χ2v) is 5.62. The van der Waals surface area contributed by atoms with Crippen molar-refractivity contribution in [1.82, 2.24) is 4.90 Å². The summed E-state index contributed by atoms with van der Waals surface area (Å²) in [5, 5.41) is 0. The maximum Gasteiger partial charge on any atom is 0.323 e. The summed E-state index contributed by atoms with van der Waals surface area (Å²) >= 11 is 0. The fourth-order valence-corrected chi connectivity index (χ4v) is 3.12. The fraction of sp³-hybridized carbons (Fsp3) is 0.929. The quantitative estimate of drug-likeness (QED) is 0.558. The normalized spacial score (nSPS) is 24.4. The van der Waals surface area contributed by atoms with Crippen LogP contribution in [0.4, 0.5) is 0 Å². The molecule has 17 heavy (non-hydrogen) atoms. The summed E-state index contributed by atoms with van der Waals surface area (Å²) in [5.74, 6) is 0.523. The number of hydrogen-bond donors (Lipinski definition) is 0. The lowest BCUT2D eigenvalue weighted by atomic mass is 10.0. The van der Waals surface area contributed by atoms with Gasteiger partial charge in [0.2, 0.25) is 0 Å². The average Bonchev–Trinajstić information content (AvgIpc) is 3.15. The van der Waals surface area contributed by atoms with E-state index in [0.717, 1.165) is 0 Å². The van der Waals surface area contributed by atoms with Crippen LogP contribution in [0, 0.1) is 5.92 Å². The van der Waals surface area contributed by atoms with Crippen molar-refractivity contribution < 1.29 is 9.53 Å². The standard InChI is InChI=1S/C14H25NO2/c1-15(12-7-5-3-4-6-8-12)13(11-9-10-11)14(16)17-2/h11-13H,3-10H2,1-2H3. The van der Waals surface area contributed by atoms with Crippen molar-refractivity contribution in [2.24, 2.45) is 5.92 Å². The van der Waals surface area contributed by atoms with Crippen LogP contribution in [-0.2, 0) is 9.53 Å². The molecular weight excluding hydrogens is 214 g/mol. The maximum absolute atomic E-state index is 11.9. The van der Waals surface area contributed by atoms with Crippen LogP contribution in [0.3, 0.4) is 0 Å². The van der Waals surface area contributed by atoms with Gasteiger partial charge >= 0.3 is 5.97 Å². The molecule has 1 unspecified atom stereocenters. The van der Waals surface area contributed by atoms with Crippen LogP contribution >= 0.6 is 0 Å². The molecule has 2 aliphatic carbocycles. The molecule has 0 bridgehead atoms. The van der Waals surface area contributed by atoms with Gasteiger partial charge < -0.3 is 4.74 Å². The Bertz CT molecular complexity index is 255. The molecule has 3 nitrogen and oxygen atoms in total. The van der Waals surface area contributed by atoms with Crippen LogP contribution in [0.5, 0.6) is 0 Å². The summed E-state index contributed by atoms with van der Waals surface area (Å²) in [7, 11) is 3.63. The van der Waals surface area contributed by atoms with Gasteiger partial charge in [0.25, 0.3) is 0 Å². The summed E-state index contributed by atoms with van der Waals surface area (Å²) in [6.45, 7) is 0. The Morgan fingerprint density at radius 3 is 2.18 bits per heavy atom. The van der Waals surface area contributed by atoms with Crippen LogP contribution in [0.15, 0.2) is 0 Å². The first kappa shape index (κ1) is 12.9. The van der Waals surface area contributed by atoms with Gasteiger partial charge in [-0.3, -0.25) is 9.69 Å². The Morgan fingerprint density at radius 1 is 1.12 bits per heavy atom. The molecule has 2 rings (SSSR count). The third-order valence-electron chi connectivity index (χ3n) is 4.35. The summed E-state index contributed by atoms with van der Waals surface area (Å²) in [6, 6.07) is 0.602. The predicted molar refractivity (Wildman–Crippen MR) is 67.8 cm³/mol. The van der Waals surface area contributed by atoms with E-state index in [9.17, 15) is 4.79 Å². The van der Waals surface area contributed by atoms with E-state index in [2.05, 4.69) is 11.9 Å². The predicted octanol–water partition coefficient (Wildman–Crippen LogP) is 2.59. The zero-order chi connectivity index (χ0) is 12.3. The van der Waals surface area contributed by atoms with Crippen molar-refractivity contribution in [3.8, 4) is 0 Å². The molecular formula is C14H25NO2. The second kappa shape index (κ2) is 5.85. The first-order chi connectivity index (χ1) is 8.24. The molecule has 0 radical (unpaired) electrons. The van der Waals surface area contributed by atoms with E-state index < -0.39 is 0 Å². The zero-order valence-corrected chi connectivity index (χ0v) is 11.2. The molecule has 2 aliphatic rings. The molecule has 0 saturated heterocycles. The maximum atomic E-state index is 11.9. The van der Waals surface area contributed by atoms with E-state index >= 15 is 0 Å². The lowest BCUT2D eigenvalue weighted by molar-refractivity contribution is -0.148. The smallest absolute Gasteiger partial charge is 0.323 e. The van der Waals surface area contributed by atoms with Crippen molar-refractivity contribution in [2.75, 3.05) is 14.2 Å². The Morgan fingerprint density at radius 2 is 1.71 bits per heavy atom. The molecule has 3 heteroatoms. The van der Waals surface area contributed by atoms with Crippen molar-refractivity contribution >= 4 is 5.97 Å². The van der Waals surface area contributed by atoms with Crippen LogP contribution in [0.25, 0.3) is 0 Å². The molecule has 1 atom stereocenters. The monoisotopic (exact) mass is 239 g/mol. The average molecular weight is 239 g/mol. The van der Waals surface area contributed by atoms with Gasteiger partial charge in [0.15, 0.2) is 0 Å². The molecule has 0 aliphatic heterocycles. The highest BCUT2D eigenvalue weighted by molar-refractivity contribution is 5.76. The van der Waals surface area contributed by atoms with E-state index in [4.69, 9.17) is 4.74 Å². The van der Waals surface area contributed by atoms with Gasteiger partial charge in [0.05, 0.1) is 7.11 Å². The van der Waals surface area contributed by atoms with Crippen molar-refractivity contribution in [1.29, 1.82) is 0 Å². The van der Waals surface area contributed by atoms with E-state index in [1.54, 1.807) is 0 Å². The van der Waals surface area contributed by atoms with Gasteiger partial charge in [-0.05, 0) is 38.6 Å². The minimum absolute atomic E-state index is 0.0168. The topological polar surface area (TPSA) is 29.5 Å². The molecule has 0 spiro atoms. The van der Waals surface area contributed by atoms with Gasteiger partial charge in [-0.2, -0.15) is 0 Å². The van der Waals surface area contributed by atoms with Gasteiger partial charge in [-0.15, -0.1) is 0 Å². The number of ether oxygens (including phenoxy) is 1. The Balaban J connectivity index is 1.98. The number of hydrogen-bond acceptors (Lipinski definition) is 3. The van der Waals surface area contributed by atoms with E-state index in [1.807, 2.05) is 0 Å². The highest BCUT2D eigenvalue weighted by atomic mass is 16.5.